The Balaban J connectivity index is 0.00000338. The number of hydrogen-bond donors (Lipinski definition) is 1. The molecule has 9 heteroatoms. The van der Waals surface area contributed by atoms with Crippen LogP contribution in [0.5, 0.6) is 5.75 Å². The number of rotatable bonds is 5. The van der Waals surface area contributed by atoms with Gasteiger partial charge >= 0.3 is 0 Å². The molecule has 6 nitrogen and oxygen atoms in total. The van der Waals surface area contributed by atoms with E-state index in [1.165, 1.54) is 6.07 Å². The minimum atomic E-state index is -3.10. The molecule has 0 radical (unpaired) electrons. The lowest BCUT2D eigenvalue weighted by molar-refractivity contribution is 0.308. The molecule has 1 saturated heterocycles. The molecule has 1 N–H and O–H groups in total. The van der Waals surface area contributed by atoms with Crippen LogP contribution in [0.4, 0.5) is 4.39 Å². The molecule has 26 heavy (non-hydrogen) atoms. The number of para-hydroxylation sites is 1. The Hall–Kier alpha value is -1.10. The van der Waals surface area contributed by atoms with Crippen molar-refractivity contribution < 1.29 is 17.5 Å². The molecule has 0 unspecified atom stereocenters. The first kappa shape index (κ1) is 22.9. The Labute approximate surface area is 172 Å². The summed E-state index contributed by atoms with van der Waals surface area (Å²) in [5, 5.41) is 3.18. The molecule has 0 atom stereocenters. The van der Waals surface area contributed by atoms with E-state index in [1.807, 2.05) is 11.8 Å². The highest BCUT2D eigenvalue weighted by Gasteiger charge is 2.40. The molecule has 0 aromatic heterocycles. The second-order valence-electron chi connectivity index (χ2n) is 6.51. The number of nitrogens with zero attached hydrogens (tertiary/aromatic N) is 2. The molecular weight excluding hydrogens is 472 g/mol. The summed E-state index contributed by atoms with van der Waals surface area (Å²) < 4.78 is 42.4. The Bertz CT molecular complexity index is 726. The number of halogens is 2. The van der Waals surface area contributed by atoms with Crippen molar-refractivity contribution in [1.29, 1.82) is 0 Å². The maximum absolute atomic E-state index is 13.5. The molecule has 1 aromatic carbocycles. The zero-order chi connectivity index (χ0) is 18.5. The lowest BCUT2D eigenvalue weighted by Crippen LogP contribution is -2.57. The second-order valence-corrected chi connectivity index (χ2v) is 9.26. The third kappa shape index (κ3) is 5.70. The van der Waals surface area contributed by atoms with E-state index in [1.54, 1.807) is 32.0 Å². The van der Waals surface area contributed by atoms with Gasteiger partial charge in [-0.1, -0.05) is 12.1 Å². The van der Waals surface area contributed by atoms with Gasteiger partial charge in [0.05, 0.1) is 17.0 Å². The Morgan fingerprint density at radius 3 is 2.69 bits per heavy atom. The first-order valence-electron chi connectivity index (χ1n) is 8.40. The van der Waals surface area contributed by atoms with Crippen LogP contribution in [0.2, 0.25) is 0 Å². The van der Waals surface area contributed by atoms with Crippen LogP contribution >= 0.6 is 24.0 Å². The molecule has 1 aromatic rings. The molecule has 0 spiro atoms. The molecule has 1 heterocycles. The monoisotopic (exact) mass is 499 g/mol. The van der Waals surface area contributed by atoms with E-state index in [-0.39, 0.29) is 42.1 Å². The predicted octanol–water partition coefficient (Wildman–Crippen LogP) is 2.30. The molecule has 0 amide bonds. The average molecular weight is 499 g/mol. The van der Waals surface area contributed by atoms with E-state index in [0.717, 1.165) is 0 Å². The van der Waals surface area contributed by atoms with E-state index in [4.69, 9.17) is 4.74 Å². The normalized spacial score (nSPS) is 18.8. The zero-order valence-corrected chi connectivity index (χ0v) is 18.5. The van der Waals surface area contributed by atoms with Crippen molar-refractivity contribution in [3.8, 4) is 5.75 Å². The van der Waals surface area contributed by atoms with Gasteiger partial charge in [0, 0.05) is 19.6 Å². The number of ether oxygens (including phenoxy) is 1. The van der Waals surface area contributed by atoms with Gasteiger partial charge in [0.1, 0.15) is 6.61 Å². The third-order valence-corrected chi connectivity index (χ3v) is 6.66. The number of hydrogen-bond acceptors (Lipinski definition) is 4. The number of sulfone groups is 1. The van der Waals surface area contributed by atoms with Crippen LogP contribution in [0.15, 0.2) is 29.3 Å². The lowest BCUT2D eigenvalue weighted by atomic mass is 10.2. The molecule has 1 fully saturated rings. The molecule has 0 bridgehead atoms. The van der Waals surface area contributed by atoms with Crippen molar-refractivity contribution in [1.82, 2.24) is 10.2 Å². The van der Waals surface area contributed by atoms with Crippen molar-refractivity contribution in [3.63, 3.8) is 0 Å². The van der Waals surface area contributed by atoms with Gasteiger partial charge < -0.3 is 15.0 Å². The molecule has 148 valence electrons. The van der Waals surface area contributed by atoms with Gasteiger partial charge in [-0.05, 0) is 32.9 Å². The number of aliphatic imine (C=N–C) groups is 1. The first-order valence-corrected chi connectivity index (χ1v) is 10.0. The van der Waals surface area contributed by atoms with E-state index in [9.17, 15) is 12.8 Å². The SMILES string of the molecule is CCNC(=NCCOc1ccccc1F)N1CCS(=O)(=O)C(C)(C)C1.I. The van der Waals surface area contributed by atoms with Crippen molar-refractivity contribution >= 4 is 39.8 Å². The minimum Gasteiger partial charge on any atom is -0.489 e. The second kappa shape index (κ2) is 9.72. The van der Waals surface area contributed by atoms with Gasteiger partial charge in [0.2, 0.25) is 0 Å². The third-order valence-electron chi connectivity index (χ3n) is 4.12. The Morgan fingerprint density at radius 1 is 1.38 bits per heavy atom. The summed E-state index contributed by atoms with van der Waals surface area (Å²) in [5.74, 6) is 0.563. The molecule has 1 aliphatic rings. The van der Waals surface area contributed by atoms with Crippen molar-refractivity contribution in [2.24, 2.45) is 4.99 Å². The van der Waals surface area contributed by atoms with E-state index >= 15 is 0 Å². The summed E-state index contributed by atoms with van der Waals surface area (Å²) in [7, 11) is -3.10. The van der Waals surface area contributed by atoms with Crippen LogP contribution in [0.25, 0.3) is 0 Å². The standard InChI is InChI=1S/C17H26FN3O3S.HI/c1-4-19-16(21-10-12-25(22,23)17(2,3)13-21)20-9-11-24-15-8-6-5-7-14(15)18;/h5-8H,4,9-13H2,1-3H3,(H,19,20);1H. The number of nitrogens with one attached hydrogen (secondary N) is 1. The quantitative estimate of drug-likeness (QED) is 0.292. The fraction of sp³-hybridized carbons (Fsp3) is 0.588. The van der Waals surface area contributed by atoms with Gasteiger partial charge in [-0.2, -0.15) is 0 Å². The largest absolute Gasteiger partial charge is 0.489 e. The minimum absolute atomic E-state index is 0. The van der Waals surface area contributed by atoms with Gasteiger partial charge in [-0.15, -0.1) is 24.0 Å². The predicted molar refractivity (Wildman–Crippen MR) is 113 cm³/mol. The van der Waals surface area contributed by atoms with Gasteiger partial charge in [0.15, 0.2) is 27.4 Å². The summed E-state index contributed by atoms with van der Waals surface area (Å²) in [6.45, 7) is 7.49. The van der Waals surface area contributed by atoms with Gasteiger partial charge in [0.25, 0.3) is 0 Å². The molecular formula is C17H27FIN3O3S. The lowest BCUT2D eigenvalue weighted by Gasteiger charge is -2.39. The fourth-order valence-electron chi connectivity index (χ4n) is 2.62. The van der Waals surface area contributed by atoms with Crippen LogP contribution < -0.4 is 10.1 Å². The van der Waals surface area contributed by atoms with Crippen molar-refractivity contribution in [3.05, 3.63) is 30.1 Å². The zero-order valence-electron chi connectivity index (χ0n) is 15.4. The van der Waals surface area contributed by atoms with Gasteiger partial charge in [-0.3, -0.25) is 0 Å². The Morgan fingerprint density at radius 2 is 2.08 bits per heavy atom. The summed E-state index contributed by atoms with van der Waals surface area (Å²) in [4.78, 5) is 6.44. The summed E-state index contributed by atoms with van der Waals surface area (Å²) >= 11 is 0. The van der Waals surface area contributed by atoms with Crippen molar-refractivity contribution in [2.45, 2.75) is 25.5 Å². The number of guanidine groups is 1. The number of benzene rings is 1. The van der Waals surface area contributed by atoms with Crippen LogP contribution in [0.3, 0.4) is 0 Å². The summed E-state index contributed by atoms with van der Waals surface area (Å²) in [6.07, 6.45) is 0. The average Bonchev–Trinajstić information content (AvgIpc) is 2.54. The maximum atomic E-state index is 13.5. The molecule has 1 aliphatic heterocycles. The smallest absolute Gasteiger partial charge is 0.194 e. The molecule has 2 rings (SSSR count). The fourth-order valence-corrected chi connectivity index (χ4v) is 3.99. The van der Waals surface area contributed by atoms with Crippen molar-refractivity contribution in [2.75, 3.05) is 38.5 Å². The van der Waals surface area contributed by atoms with Crippen LogP contribution in [0, 0.1) is 5.82 Å². The van der Waals surface area contributed by atoms with E-state index < -0.39 is 20.4 Å². The van der Waals surface area contributed by atoms with Crippen LogP contribution in [-0.4, -0.2) is 62.6 Å². The van der Waals surface area contributed by atoms with Crippen LogP contribution in [-0.2, 0) is 9.84 Å². The first-order chi connectivity index (χ1) is 11.8. The summed E-state index contributed by atoms with van der Waals surface area (Å²) in [6, 6.07) is 6.24. The topological polar surface area (TPSA) is 71.0 Å². The van der Waals surface area contributed by atoms with Crippen LogP contribution in [0.1, 0.15) is 20.8 Å². The molecule has 0 saturated carbocycles. The van der Waals surface area contributed by atoms with E-state index in [0.29, 0.717) is 32.1 Å². The Kier molecular flexibility index (Phi) is 8.58. The maximum Gasteiger partial charge on any atom is 0.194 e. The highest BCUT2D eigenvalue weighted by atomic mass is 127. The molecule has 0 aliphatic carbocycles. The van der Waals surface area contributed by atoms with E-state index in [2.05, 4.69) is 10.3 Å². The van der Waals surface area contributed by atoms with Gasteiger partial charge in [-0.25, -0.2) is 17.8 Å². The summed E-state index contributed by atoms with van der Waals surface area (Å²) in [5.41, 5.74) is 0. The highest BCUT2D eigenvalue weighted by Crippen LogP contribution is 2.23. The highest BCUT2D eigenvalue weighted by molar-refractivity contribution is 14.0.